The molecular formula is C17H22O7. The van der Waals surface area contributed by atoms with E-state index in [1.807, 2.05) is 0 Å². The maximum Gasteiger partial charge on any atom is 0.334 e. The SMILES string of the molecule is C=C1C(=O)OC2C1C(O)C(OC(C)=O)C(C)(O)C1C(O)C=C(C)C21. The van der Waals surface area contributed by atoms with Crippen LogP contribution in [0.15, 0.2) is 23.8 Å². The van der Waals surface area contributed by atoms with Gasteiger partial charge in [0.2, 0.25) is 0 Å². The van der Waals surface area contributed by atoms with Crippen LogP contribution in [0.2, 0.25) is 0 Å². The third kappa shape index (κ3) is 2.22. The van der Waals surface area contributed by atoms with Gasteiger partial charge < -0.3 is 24.8 Å². The van der Waals surface area contributed by atoms with Crippen LogP contribution < -0.4 is 0 Å². The van der Waals surface area contributed by atoms with E-state index in [-0.39, 0.29) is 5.57 Å². The van der Waals surface area contributed by atoms with E-state index in [4.69, 9.17) is 9.47 Å². The Morgan fingerprint density at radius 2 is 2.00 bits per heavy atom. The van der Waals surface area contributed by atoms with Gasteiger partial charge in [-0.15, -0.1) is 0 Å². The summed E-state index contributed by atoms with van der Waals surface area (Å²) in [5.74, 6) is -3.41. The van der Waals surface area contributed by atoms with Crippen LogP contribution >= 0.6 is 0 Å². The molecule has 7 heteroatoms. The predicted molar refractivity (Wildman–Crippen MR) is 81.4 cm³/mol. The van der Waals surface area contributed by atoms with Crippen molar-refractivity contribution in [1.82, 2.24) is 0 Å². The molecule has 7 nitrogen and oxygen atoms in total. The molecule has 8 unspecified atom stereocenters. The van der Waals surface area contributed by atoms with E-state index in [1.54, 1.807) is 13.0 Å². The highest BCUT2D eigenvalue weighted by molar-refractivity contribution is 5.91. The first kappa shape index (κ1) is 17.1. The highest BCUT2D eigenvalue weighted by Gasteiger charge is 2.64. The summed E-state index contributed by atoms with van der Waals surface area (Å²) in [4.78, 5) is 23.5. The molecule has 3 rings (SSSR count). The van der Waals surface area contributed by atoms with Gasteiger partial charge in [-0.3, -0.25) is 4.79 Å². The fourth-order valence-corrected chi connectivity index (χ4v) is 4.55. The highest BCUT2D eigenvalue weighted by Crippen LogP contribution is 2.52. The lowest BCUT2D eigenvalue weighted by atomic mass is 9.74. The predicted octanol–water partition coefficient (Wildman–Crippen LogP) is -0.305. The van der Waals surface area contributed by atoms with Crippen molar-refractivity contribution in [3.63, 3.8) is 0 Å². The zero-order chi connectivity index (χ0) is 18.0. The van der Waals surface area contributed by atoms with E-state index >= 15 is 0 Å². The quantitative estimate of drug-likeness (QED) is 0.341. The Balaban J connectivity index is 2.15. The Morgan fingerprint density at radius 3 is 2.58 bits per heavy atom. The molecule has 24 heavy (non-hydrogen) atoms. The number of carbonyl (C=O) groups is 2. The summed E-state index contributed by atoms with van der Waals surface area (Å²) < 4.78 is 10.6. The van der Waals surface area contributed by atoms with E-state index in [2.05, 4.69) is 6.58 Å². The fourth-order valence-electron chi connectivity index (χ4n) is 4.55. The smallest absolute Gasteiger partial charge is 0.334 e. The third-order valence-electron chi connectivity index (χ3n) is 5.55. The molecule has 2 aliphatic carbocycles. The second kappa shape index (κ2) is 5.40. The molecule has 0 aromatic heterocycles. The van der Waals surface area contributed by atoms with E-state index in [1.165, 1.54) is 13.8 Å². The molecule has 132 valence electrons. The van der Waals surface area contributed by atoms with Crippen LogP contribution in [0, 0.1) is 17.8 Å². The molecule has 1 saturated heterocycles. The highest BCUT2D eigenvalue weighted by atomic mass is 16.6. The van der Waals surface area contributed by atoms with Crippen molar-refractivity contribution in [1.29, 1.82) is 0 Å². The number of rotatable bonds is 1. The van der Waals surface area contributed by atoms with Crippen molar-refractivity contribution in [2.24, 2.45) is 17.8 Å². The minimum Gasteiger partial charge on any atom is -0.458 e. The van der Waals surface area contributed by atoms with E-state index in [0.29, 0.717) is 0 Å². The first-order valence-corrected chi connectivity index (χ1v) is 7.91. The summed E-state index contributed by atoms with van der Waals surface area (Å²) in [6.07, 6.45) is -2.89. The van der Waals surface area contributed by atoms with Crippen LogP contribution in [0.1, 0.15) is 20.8 Å². The normalized spacial score (nSPS) is 47.4. The monoisotopic (exact) mass is 338 g/mol. The molecule has 8 atom stereocenters. The number of ether oxygens (including phenoxy) is 2. The molecule has 0 amide bonds. The summed E-state index contributed by atoms with van der Waals surface area (Å²) in [6.45, 7) is 8.05. The summed E-state index contributed by atoms with van der Waals surface area (Å²) in [6, 6.07) is 0. The molecule has 0 aromatic rings. The molecule has 3 N–H and O–H groups in total. The van der Waals surface area contributed by atoms with Gasteiger partial charge in [0.25, 0.3) is 0 Å². The minimum absolute atomic E-state index is 0.0790. The second-order valence-corrected chi connectivity index (χ2v) is 7.12. The maximum absolute atomic E-state index is 12.0. The fraction of sp³-hybridized carbons (Fsp3) is 0.647. The van der Waals surface area contributed by atoms with E-state index < -0.39 is 59.7 Å². The number of esters is 2. The summed E-state index contributed by atoms with van der Waals surface area (Å²) in [5, 5.41) is 32.3. The van der Waals surface area contributed by atoms with Gasteiger partial charge in [-0.1, -0.05) is 18.2 Å². The lowest BCUT2D eigenvalue weighted by Crippen LogP contribution is -2.56. The third-order valence-corrected chi connectivity index (χ3v) is 5.55. The van der Waals surface area contributed by atoms with Crippen LogP contribution in [-0.4, -0.2) is 57.3 Å². The standard InChI is InChI=1S/C17H22O7/c1-6-5-9(19)12-10(6)14-11(7(2)16(21)24-14)13(20)15(17(12,4)22)23-8(3)18/h5,9-15,19-20,22H,2H2,1,3-4H3. The molecule has 1 heterocycles. The lowest BCUT2D eigenvalue weighted by molar-refractivity contribution is -0.192. The summed E-state index contributed by atoms with van der Waals surface area (Å²) in [5.41, 5.74) is -0.892. The number of fused-ring (bicyclic) bond motifs is 3. The zero-order valence-corrected chi connectivity index (χ0v) is 13.8. The van der Waals surface area contributed by atoms with Gasteiger partial charge in [0.15, 0.2) is 6.10 Å². The largest absolute Gasteiger partial charge is 0.458 e. The van der Waals surface area contributed by atoms with Crippen LogP contribution in [-0.2, 0) is 19.1 Å². The zero-order valence-electron chi connectivity index (χ0n) is 13.8. The maximum atomic E-state index is 12.0. The van der Waals surface area contributed by atoms with Gasteiger partial charge in [0, 0.05) is 24.3 Å². The van der Waals surface area contributed by atoms with Crippen molar-refractivity contribution in [3.05, 3.63) is 23.8 Å². The summed E-state index contributed by atoms with van der Waals surface area (Å²) in [7, 11) is 0. The van der Waals surface area contributed by atoms with Crippen molar-refractivity contribution < 1.29 is 34.4 Å². The lowest BCUT2D eigenvalue weighted by Gasteiger charge is -2.40. The Kier molecular flexibility index (Phi) is 3.86. The second-order valence-electron chi connectivity index (χ2n) is 7.12. The van der Waals surface area contributed by atoms with Crippen LogP contribution in [0.25, 0.3) is 0 Å². The number of hydrogen-bond donors (Lipinski definition) is 3. The average molecular weight is 338 g/mol. The molecule has 0 bridgehead atoms. The van der Waals surface area contributed by atoms with Crippen molar-refractivity contribution >= 4 is 11.9 Å². The number of aliphatic hydroxyl groups excluding tert-OH is 2. The Bertz CT molecular complexity index is 635. The van der Waals surface area contributed by atoms with Gasteiger partial charge in [-0.2, -0.15) is 0 Å². The van der Waals surface area contributed by atoms with Gasteiger partial charge in [-0.25, -0.2) is 4.79 Å². The average Bonchev–Trinajstić information content (AvgIpc) is 2.89. The van der Waals surface area contributed by atoms with Gasteiger partial charge in [0.1, 0.15) is 17.8 Å². The Hall–Kier alpha value is -1.70. The van der Waals surface area contributed by atoms with Gasteiger partial charge >= 0.3 is 11.9 Å². The first-order valence-electron chi connectivity index (χ1n) is 7.91. The minimum atomic E-state index is -1.72. The molecule has 2 fully saturated rings. The number of hydrogen-bond acceptors (Lipinski definition) is 7. The number of aliphatic hydroxyl groups is 3. The molecule has 3 aliphatic rings. The van der Waals surface area contributed by atoms with Crippen LogP contribution in [0.3, 0.4) is 0 Å². The Morgan fingerprint density at radius 1 is 1.38 bits per heavy atom. The van der Waals surface area contributed by atoms with Crippen LogP contribution in [0.4, 0.5) is 0 Å². The molecule has 1 aliphatic heterocycles. The van der Waals surface area contributed by atoms with Crippen molar-refractivity contribution in [2.75, 3.05) is 0 Å². The molecule has 0 radical (unpaired) electrons. The van der Waals surface area contributed by atoms with Gasteiger partial charge in [0.05, 0.1) is 12.0 Å². The molecule has 0 spiro atoms. The topological polar surface area (TPSA) is 113 Å². The molecular weight excluding hydrogens is 316 g/mol. The number of carbonyl (C=O) groups excluding carboxylic acids is 2. The summed E-state index contributed by atoms with van der Waals surface area (Å²) >= 11 is 0. The molecule has 1 saturated carbocycles. The van der Waals surface area contributed by atoms with Crippen molar-refractivity contribution in [3.8, 4) is 0 Å². The van der Waals surface area contributed by atoms with Crippen LogP contribution in [0.5, 0.6) is 0 Å². The Labute approximate surface area is 139 Å². The van der Waals surface area contributed by atoms with Gasteiger partial charge in [-0.05, 0) is 13.8 Å². The van der Waals surface area contributed by atoms with E-state index in [9.17, 15) is 24.9 Å². The molecule has 0 aromatic carbocycles. The van der Waals surface area contributed by atoms with E-state index in [0.717, 1.165) is 5.57 Å². The first-order chi connectivity index (χ1) is 11.1. The van der Waals surface area contributed by atoms with Crippen molar-refractivity contribution in [2.45, 2.75) is 50.8 Å².